The number of benzene rings is 2. The van der Waals surface area contributed by atoms with E-state index in [9.17, 15) is 16.8 Å². The van der Waals surface area contributed by atoms with Gasteiger partial charge in [0, 0.05) is 0 Å². The maximum absolute atomic E-state index is 12.4. The van der Waals surface area contributed by atoms with Gasteiger partial charge in [-0.05, 0) is 36.4 Å². The molecule has 0 aliphatic heterocycles. The second-order valence-corrected chi connectivity index (χ2v) is 8.46. The highest BCUT2D eigenvalue weighted by atomic mass is 32.2. The van der Waals surface area contributed by atoms with Crippen LogP contribution >= 0.6 is 0 Å². The summed E-state index contributed by atoms with van der Waals surface area (Å²) >= 11 is 0. The van der Waals surface area contributed by atoms with Crippen LogP contribution in [0.1, 0.15) is 0 Å². The van der Waals surface area contributed by atoms with Crippen LogP contribution in [-0.2, 0) is 20.0 Å². The van der Waals surface area contributed by atoms with E-state index in [0.29, 0.717) is 0 Å². The predicted octanol–water partition coefficient (Wildman–Crippen LogP) is 2.77. The molecule has 1 aliphatic carbocycles. The molecule has 0 N–H and O–H groups in total. The second-order valence-electron chi connectivity index (χ2n) is 5.25. The van der Waals surface area contributed by atoms with E-state index in [2.05, 4.69) is 8.80 Å². The van der Waals surface area contributed by atoms with Crippen LogP contribution in [0.4, 0.5) is 0 Å². The lowest BCUT2D eigenvalue weighted by atomic mass is 10.1. The van der Waals surface area contributed by atoms with Gasteiger partial charge in [-0.1, -0.05) is 48.6 Å². The maximum atomic E-state index is 12.4. The van der Waals surface area contributed by atoms with Crippen molar-refractivity contribution in [3.05, 3.63) is 85.0 Å². The van der Waals surface area contributed by atoms with Gasteiger partial charge >= 0.3 is 0 Å². The molecule has 0 aromatic heterocycles. The van der Waals surface area contributed by atoms with Crippen molar-refractivity contribution in [3.8, 4) is 0 Å². The van der Waals surface area contributed by atoms with Crippen molar-refractivity contribution in [1.29, 1.82) is 0 Å². The number of nitrogens with zero attached hydrogens (tertiary/aromatic N) is 2. The summed E-state index contributed by atoms with van der Waals surface area (Å²) in [6.45, 7) is 0. The van der Waals surface area contributed by atoms with Crippen molar-refractivity contribution < 1.29 is 16.8 Å². The van der Waals surface area contributed by atoms with Gasteiger partial charge in [0.25, 0.3) is 20.0 Å². The van der Waals surface area contributed by atoms with Crippen molar-refractivity contribution >= 4 is 31.5 Å². The average Bonchev–Trinajstić information content (AvgIpc) is 2.64. The van der Waals surface area contributed by atoms with Crippen molar-refractivity contribution in [3.63, 3.8) is 0 Å². The van der Waals surface area contributed by atoms with Gasteiger partial charge in [0.1, 0.15) is 11.4 Å². The van der Waals surface area contributed by atoms with Crippen LogP contribution in [0.25, 0.3) is 0 Å². The molecule has 0 saturated heterocycles. The third-order valence-electron chi connectivity index (χ3n) is 3.40. The normalized spacial score (nSPS) is 17.7. The Morgan fingerprint density at radius 3 is 1.23 bits per heavy atom. The van der Waals surface area contributed by atoms with Crippen LogP contribution in [0.3, 0.4) is 0 Å². The molecule has 0 saturated carbocycles. The standard InChI is InChI=1S/C18H14N2O4S2/c21-25(22,15-9-3-1-4-10-15)19-17-13-7-8-14-18(17)20-26(23,24)16-11-5-2-6-12-16/h1-14H/b19-17-,20-18+. The zero-order valence-corrected chi connectivity index (χ0v) is 15.1. The third-order valence-corrected chi connectivity index (χ3v) is 6.01. The molecule has 26 heavy (non-hydrogen) atoms. The van der Waals surface area contributed by atoms with E-state index >= 15 is 0 Å². The molecule has 3 rings (SSSR count). The van der Waals surface area contributed by atoms with Crippen LogP contribution in [0, 0.1) is 0 Å². The quantitative estimate of drug-likeness (QED) is 0.755. The summed E-state index contributed by atoms with van der Waals surface area (Å²) < 4.78 is 57.2. The van der Waals surface area contributed by atoms with Crippen LogP contribution < -0.4 is 0 Å². The first-order chi connectivity index (χ1) is 12.4. The Bertz CT molecular complexity index is 1040. The molecule has 6 nitrogen and oxygen atoms in total. The topological polar surface area (TPSA) is 93.0 Å². The molecule has 0 spiro atoms. The third kappa shape index (κ3) is 4.04. The Kier molecular flexibility index (Phi) is 4.97. The molecule has 0 unspecified atom stereocenters. The highest BCUT2D eigenvalue weighted by Gasteiger charge is 2.19. The molecule has 8 heteroatoms. The predicted molar refractivity (Wildman–Crippen MR) is 100 cm³/mol. The highest BCUT2D eigenvalue weighted by molar-refractivity contribution is 7.91. The molecule has 0 radical (unpaired) electrons. The number of hydrogen-bond acceptors (Lipinski definition) is 4. The Balaban J connectivity index is 2.05. The average molecular weight is 386 g/mol. The monoisotopic (exact) mass is 386 g/mol. The van der Waals surface area contributed by atoms with Crippen LogP contribution in [0.2, 0.25) is 0 Å². The van der Waals surface area contributed by atoms with Gasteiger partial charge in [-0.3, -0.25) is 0 Å². The number of hydrogen-bond donors (Lipinski definition) is 0. The number of sulfonamides is 2. The van der Waals surface area contributed by atoms with E-state index in [-0.39, 0.29) is 21.2 Å². The van der Waals surface area contributed by atoms with Gasteiger partial charge in [0.2, 0.25) is 0 Å². The molecule has 2 aromatic rings. The Hall–Kier alpha value is -2.84. The molecule has 0 fully saturated rings. The molecule has 0 heterocycles. The Morgan fingerprint density at radius 2 is 0.885 bits per heavy atom. The van der Waals surface area contributed by atoms with Crippen LogP contribution in [0.15, 0.2) is 104 Å². The zero-order chi connectivity index (χ0) is 18.6. The minimum atomic E-state index is -3.99. The number of rotatable bonds is 4. The van der Waals surface area contributed by atoms with E-state index in [1.807, 2.05) is 0 Å². The Labute approximate surface area is 152 Å². The molecule has 1 aliphatic rings. The lowest BCUT2D eigenvalue weighted by Crippen LogP contribution is -2.16. The van der Waals surface area contributed by atoms with Gasteiger partial charge in [0.05, 0.1) is 9.79 Å². The van der Waals surface area contributed by atoms with E-state index in [4.69, 9.17) is 0 Å². The summed E-state index contributed by atoms with van der Waals surface area (Å²) in [5.74, 6) is 0. The maximum Gasteiger partial charge on any atom is 0.282 e. The first-order valence-electron chi connectivity index (χ1n) is 7.54. The summed E-state index contributed by atoms with van der Waals surface area (Å²) in [7, 11) is -7.97. The highest BCUT2D eigenvalue weighted by Crippen LogP contribution is 2.16. The molecule has 132 valence electrons. The minimum absolute atomic E-state index is 0.0146. The molecule has 0 atom stereocenters. The van der Waals surface area contributed by atoms with E-state index in [1.54, 1.807) is 48.6 Å². The van der Waals surface area contributed by atoms with Gasteiger partial charge in [-0.15, -0.1) is 0 Å². The van der Waals surface area contributed by atoms with Gasteiger partial charge in [-0.25, -0.2) is 0 Å². The van der Waals surface area contributed by atoms with E-state index in [0.717, 1.165) is 0 Å². The summed E-state index contributed by atoms with van der Waals surface area (Å²) in [5.41, 5.74) is -0.0910. The molecular weight excluding hydrogens is 372 g/mol. The van der Waals surface area contributed by atoms with Gasteiger partial charge in [0.15, 0.2) is 0 Å². The van der Waals surface area contributed by atoms with Crippen molar-refractivity contribution in [2.75, 3.05) is 0 Å². The molecule has 0 bridgehead atoms. The Morgan fingerprint density at radius 1 is 0.538 bits per heavy atom. The summed E-state index contributed by atoms with van der Waals surface area (Å²) in [5, 5.41) is 0. The molecule has 0 amide bonds. The fourth-order valence-electron chi connectivity index (χ4n) is 2.17. The smallest absolute Gasteiger partial charge is 0.199 e. The molecule has 2 aromatic carbocycles. The van der Waals surface area contributed by atoms with Crippen molar-refractivity contribution in [1.82, 2.24) is 0 Å². The first-order valence-corrected chi connectivity index (χ1v) is 10.4. The SMILES string of the molecule is O=S(=O)(/N=C1/C=CC=C/C1=N\S(=O)(=O)c1ccccc1)c1ccccc1. The zero-order valence-electron chi connectivity index (χ0n) is 13.4. The number of allylic oxidation sites excluding steroid dienone is 4. The summed E-state index contributed by atoms with van der Waals surface area (Å²) in [4.78, 5) is 0.0291. The fraction of sp³-hybridized carbons (Fsp3) is 0. The fourth-order valence-corrected chi connectivity index (χ4v) is 4.21. The second kappa shape index (κ2) is 7.19. The lowest BCUT2D eigenvalue weighted by Gasteiger charge is -2.07. The van der Waals surface area contributed by atoms with E-state index in [1.165, 1.54) is 36.4 Å². The molecular formula is C18H14N2O4S2. The van der Waals surface area contributed by atoms with Gasteiger partial charge < -0.3 is 0 Å². The van der Waals surface area contributed by atoms with Crippen LogP contribution in [0.5, 0.6) is 0 Å². The lowest BCUT2D eigenvalue weighted by molar-refractivity contribution is 0.596. The van der Waals surface area contributed by atoms with Crippen molar-refractivity contribution in [2.24, 2.45) is 8.80 Å². The van der Waals surface area contributed by atoms with Gasteiger partial charge in [-0.2, -0.15) is 25.6 Å². The minimum Gasteiger partial charge on any atom is -0.199 e. The van der Waals surface area contributed by atoms with Crippen molar-refractivity contribution in [2.45, 2.75) is 9.79 Å². The van der Waals surface area contributed by atoms with E-state index < -0.39 is 20.0 Å². The summed E-state index contributed by atoms with van der Waals surface area (Å²) in [6, 6.07) is 15.4. The first kappa shape index (κ1) is 18.0. The van der Waals surface area contributed by atoms with Crippen LogP contribution in [-0.4, -0.2) is 28.3 Å². The largest absolute Gasteiger partial charge is 0.282 e. The summed E-state index contributed by atoms with van der Waals surface area (Å²) in [6.07, 6.45) is 5.93.